The number of benzene rings is 1. The van der Waals surface area contributed by atoms with Gasteiger partial charge in [0, 0.05) is 0 Å². The van der Waals surface area contributed by atoms with E-state index in [1.807, 2.05) is 0 Å². The van der Waals surface area contributed by atoms with Gasteiger partial charge in [0.25, 0.3) is 0 Å². The monoisotopic (exact) mass is 258 g/mol. The number of fused-ring (bicyclic) bond motifs is 1. The number of hydrogen-bond donors (Lipinski definition) is 0. The Morgan fingerprint density at radius 1 is 1.26 bits per heavy atom. The van der Waals surface area contributed by atoms with Crippen LogP contribution in [0.2, 0.25) is 0 Å². The fourth-order valence-electron chi connectivity index (χ4n) is 3.30. The largest absolute Gasteiger partial charge is 0.469 e. The lowest BCUT2D eigenvalue weighted by Gasteiger charge is -2.16. The molecule has 0 amide bonds. The van der Waals surface area contributed by atoms with Crippen molar-refractivity contribution in [1.82, 2.24) is 0 Å². The molecule has 0 aromatic heterocycles. The maximum atomic E-state index is 11.4. The maximum absolute atomic E-state index is 11.4. The predicted octanol–water partition coefficient (Wildman–Crippen LogP) is 3.31. The van der Waals surface area contributed by atoms with Gasteiger partial charge in [0.05, 0.1) is 13.0 Å². The Hall–Kier alpha value is -1.31. The van der Waals surface area contributed by atoms with Gasteiger partial charge in [-0.05, 0) is 67.6 Å². The molecular formula is C17H22O2. The van der Waals surface area contributed by atoms with Gasteiger partial charge in [0.15, 0.2) is 0 Å². The SMILES string of the molecule is COC(=O)C1CC1CCc1ccc2c(c1)CCCC2. The number of methoxy groups -OCH3 is 1. The van der Waals surface area contributed by atoms with E-state index in [0.717, 1.165) is 19.3 Å². The highest BCUT2D eigenvalue weighted by molar-refractivity contribution is 5.75. The summed E-state index contributed by atoms with van der Waals surface area (Å²) < 4.78 is 4.79. The average molecular weight is 258 g/mol. The van der Waals surface area contributed by atoms with Crippen LogP contribution in [0.5, 0.6) is 0 Å². The van der Waals surface area contributed by atoms with Crippen LogP contribution in [0.3, 0.4) is 0 Å². The third-order valence-corrected chi connectivity index (χ3v) is 4.64. The van der Waals surface area contributed by atoms with Crippen LogP contribution >= 0.6 is 0 Å². The number of ether oxygens (including phenoxy) is 1. The molecule has 0 spiro atoms. The number of esters is 1. The molecule has 2 unspecified atom stereocenters. The van der Waals surface area contributed by atoms with E-state index in [1.54, 1.807) is 11.1 Å². The number of rotatable bonds is 4. The second-order valence-corrected chi connectivity index (χ2v) is 5.97. The Morgan fingerprint density at radius 2 is 2.05 bits per heavy atom. The number of aryl methyl sites for hydroxylation is 3. The lowest BCUT2D eigenvalue weighted by molar-refractivity contribution is -0.142. The maximum Gasteiger partial charge on any atom is 0.308 e. The lowest BCUT2D eigenvalue weighted by atomic mass is 9.89. The average Bonchev–Trinajstić information content (AvgIpc) is 3.23. The highest BCUT2D eigenvalue weighted by atomic mass is 16.5. The topological polar surface area (TPSA) is 26.3 Å². The molecule has 1 aromatic rings. The van der Waals surface area contributed by atoms with Gasteiger partial charge in [-0.2, -0.15) is 0 Å². The Kier molecular flexibility index (Phi) is 3.58. The summed E-state index contributed by atoms with van der Waals surface area (Å²) in [6.45, 7) is 0. The van der Waals surface area contributed by atoms with E-state index in [2.05, 4.69) is 18.2 Å². The molecule has 1 fully saturated rings. The molecule has 2 aliphatic rings. The van der Waals surface area contributed by atoms with Gasteiger partial charge >= 0.3 is 5.97 Å². The summed E-state index contributed by atoms with van der Waals surface area (Å²) in [5.41, 5.74) is 4.55. The molecule has 1 saturated carbocycles. The summed E-state index contributed by atoms with van der Waals surface area (Å²) in [5.74, 6) is 0.724. The molecule has 19 heavy (non-hydrogen) atoms. The third kappa shape index (κ3) is 2.83. The zero-order chi connectivity index (χ0) is 13.2. The van der Waals surface area contributed by atoms with Crippen molar-refractivity contribution in [2.45, 2.75) is 44.9 Å². The molecule has 0 N–H and O–H groups in total. The molecule has 1 aromatic carbocycles. The highest BCUT2D eigenvalue weighted by Crippen LogP contribution is 2.42. The molecule has 0 bridgehead atoms. The van der Waals surface area contributed by atoms with E-state index >= 15 is 0 Å². The standard InChI is InChI=1S/C17H22O2/c1-19-17(18)16-11-15(16)9-7-12-6-8-13-4-2-3-5-14(13)10-12/h6,8,10,15-16H,2-5,7,9,11H2,1H3. The summed E-state index contributed by atoms with van der Waals surface area (Å²) in [6.07, 6.45) is 8.43. The molecule has 3 rings (SSSR count). The molecule has 2 aliphatic carbocycles. The molecular weight excluding hydrogens is 236 g/mol. The normalized spacial score (nSPS) is 24.7. The number of carbonyl (C=O) groups excluding carboxylic acids is 1. The Balaban J connectivity index is 1.55. The van der Waals surface area contributed by atoms with E-state index in [0.29, 0.717) is 5.92 Å². The van der Waals surface area contributed by atoms with Crippen molar-refractivity contribution in [3.63, 3.8) is 0 Å². The van der Waals surface area contributed by atoms with Crippen molar-refractivity contribution >= 4 is 5.97 Å². The van der Waals surface area contributed by atoms with Crippen LogP contribution in [0, 0.1) is 11.8 Å². The minimum absolute atomic E-state index is 0.0181. The third-order valence-electron chi connectivity index (χ3n) is 4.64. The Morgan fingerprint density at radius 3 is 2.84 bits per heavy atom. The van der Waals surface area contributed by atoms with Gasteiger partial charge in [-0.15, -0.1) is 0 Å². The van der Waals surface area contributed by atoms with Gasteiger partial charge in [-0.1, -0.05) is 18.2 Å². The van der Waals surface area contributed by atoms with Crippen LogP contribution in [0.25, 0.3) is 0 Å². The molecule has 2 heteroatoms. The fraction of sp³-hybridized carbons (Fsp3) is 0.588. The van der Waals surface area contributed by atoms with Crippen molar-refractivity contribution in [2.75, 3.05) is 7.11 Å². The van der Waals surface area contributed by atoms with E-state index in [1.165, 1.54) is 38.4 Å². The van der Waals surface area contributed by atoms with Crippen molar-refractivity contribution in [3.8, 4) is 0 Å². The molecule has 0 heterocycles. The second kappa shape index (κ2) is 5.36. The second-order valence-electron chi connectivity index (χ2n) is 5.97. The smallest absolute Gasteiger partial charge is 0.308 e. The minimum Gasteiger partial charge on any atom is -0.469 e. The zero-order valence-corrected chi connectivity index (χ0v) is 11.7. The van der Waals surface area contributed by atoms with Crippen LogP contribution in [0.1, 0.15) is 42.4 Å². The first-order valence-corrected chi connectivity index (χ1v) is 7.46. The van der Waals surface area contributed by atoms with Gasteiger partial charge < -0.3 is 4.74 Å². The Bertz CT molecular complexity index is 478. The molecule has 102 valence electrons. The number of carbonyl (C=O) groups is 1. The summed E-state index contributed by atoms with van der Waals surface area (Å²) >= 11 is 0. The first kappa shape index (κ1) is 12.7. The van der Waals surface area contributed by atoms with E-state index in [-0.39, 0.29) is 11.9 Å². The van der Waals surface area contributed by atoms with E-state index in [9.17, 15) is 4.79 Å². The molecule has 2 nitrogen and oxygen atoms in total. The first-order chi connectivity index (χ1) is 9.28. The summed E-state index contributed by atoms with van der Waals surface area (Å²) in [6, 6.07) is 6.98. The van der Waals surface area contributed by atoms with Gasteiger partial charge in [-0.25, -0.2) is 0 Å². The van der Waals surface area contributed by atoms with Crippen LogP contribution in [-0.4, -0.2) is 13.1 Å². The summed E-state index contributed by atoms with van der Waals surface area (Å²) in [7, 11) is 1.49. The van der Waals surface area contributed by atoms with Crippen molar-refractivity contribution < 1.29 is 9.53 Å². The van der Waals surface area contributed by atoms with E-state index in [4.69, 9.17) is 4.74 Å². The molecule has 0 aliphatic heterocycles. The van der Waals surface area contributed by atoms with Crippen molar-refractivity contribution in [3.05, 3.63) is 34.9 Å². The Labute approximate surface area is 115 Å². The fourth-order valence-corrected chi connectivity index (χ4v) is 3.30. The van der Waals surface area contributed by atoms with Gasteiger partial charge in [0.2, 0.25) is 0 Å². The number of hydrogen-bond acceptors (Lipinski definition) is 2. The quantitative estimate of drug-likeness (QED) is 0.774. The minimum atomic E-state index is -0.0181. The predicted molar refractivity (Wildman–Crippen MR) is 75.0 cm³/mol. The van der Waals surface area contributed by atoms with Crippen LogP contribution in [0.4, 0.5) is 0 Å². The van der Waals surface area contributed by atoms with Crippen LogP contribution in [-0.2, 0) is 28.8 Å². The van der Waals surface area contributed by atoms with E-state index < -0.39 is 0 Å². The van der Waals surface area contributed by atoms with Crippen molar-refractivity contribution in [2.24, 2.45) is 11.8 Å². The summed E-state index contributed by atoms with van der Waals surface area (Å²) in [4.78, 5) is 11.4. The highest BCUT2D eigenvalue weighted by Gasteiger charge is 2.43. The lowest BCUT2D eigenvalue weighted by Crippen LogP contribution is -2.05. The first-order valence-electron chi connectivity index (χ1n) is 7.46. The zero-order valence-electron chi connectivity index (χ0n) is 11.7. The summed E-state index contributed by atoms with van der Waals surface area (Å²) in [5, 5.41) is 0. The molecule has 0 radical (unpaired) electrons. The van der Waals surface area contributed by atoms with Crippen molar-refractivity contribution in [1.29, 1.82) is 0 Å². The molecule has 2 atom stereocenters. The van der Waals surface area contributed by atoms with Crippen LogP contribution < -0.4 is 0 Å². The van der Waals surface area contributed by atoms with Gasteiger partial charge in [-0.3, -0.25) is 4.79 Å². The van der Waals surface area contributed by atoms with Crippen LogP contribution in [0.15, 0.2) is 18.2 Å². The molecule has 0 saturated heterocycles. The van der Waals surface area contributed by atoms with Gasteiger partial charge in [0.1, 0.15) is 0 Å².